The first-order chi connectivity index (χ1) is 11.0. The van der Waals surface area contributed by atoms with E-state index in [1.165, 1.54) is 19.3 Å². The van der Waals surface area contributed by atoms with Gasteiger partial charge in [0.25, 0.3) is 5.91 Å². The molecule has 1 saturated carbocycles. The van der Waals surface area contributed by atoms with Gasteiger partial charge in [0, 0.05) is 11.6 Å². The van der Waals surface area contributed by atoms with E-state index in [0.29, 0.717) is 21.8 Å². The minimum absolute atomic E-state index is 0.0204. The van der Waals surface area contributed by atoms with Crippen LogP contribution < -0.4 is 5.32 Å². The van der Waals surface area contributed by atoms with E-state index >= 15 is 0 Å². The molecule has 1 fully saturated rings. The average molecular weight is 378 g/mol. The van der Waals surface area contributed by atoms with Crippen molar-refractivity contribution in [2.24, 2.45) is 0 Å². The summed E-state index contributed by atoms with van der Waals surface area (Å²) in [7, 11) is 0. The molecular weight excluding hydrogens is 358 g/mol. The smallest absolute Gasteiger partial charge is 0.276 e. The number of nitrogens with one attached hydrogen (secondary N) is 2. The summed E-state index contributed by atoms with van der Waals surface area (Å²) in [6, 6.07) is 5.35. The van der Waals surface area contributed by atoms with Crippen LogP contribution in [0.25, 0.3) is 0 Å². The fraction of sp³-hybridized carbons (Fsp3) is 0.412. The van der Waals surface area contributed by atoms with Crippen molar-refractivity contribution in [3.8, 4) is 5.75 Å². The van der Waals surface area contributed by atoms with Crippen LogP contribution in [0, 0.1) is 6.92 Å². The number of phenolic OH excluding ortho intramolecular Hbond substituents is 1. The highest BCUT2D eigenvalue weighted by molar-refractivity contribution is 9.10. The summed E-state index contributed by atoms with van der Waals surface area (Å²) in [5.41, 5.74) is 2.70. The summed E-state index contributed by atoms with van der Waals surface area (Å²) in [5.74, 6) is 0.169. The van der Waals surface area contributed by atoms with E-state index in [0.717, 1.165) is 24.1 Å². The molecule has 0 saturated heterocycles. The number of carbonyl (C=O) groups is 1. The summed E-state index contributed by atoms with van der Waals surface area (Å²) in [6.07, 6.45) is 6.05. The van der Waals surface area contributed by atoms with Gasteiger partial charge in [0.05, 0.1) is 10.2 Å². The zero-order valence-electron chi connectivity index (χ0n) is 13.0. The molecule has 0 unspecified atom stereocenters. The standard InChI is InChI=1S/C17H20BrN3O2/c1-10-7-12(18)16(22)14(8-10)19-17(23)15-9-13(20-21-15)11-5-3-2-4-6-11/h7-9,11,22H,2-6H2,1H3,(H,19,23)(H,20,21). The van der Waals surface area contributed by atoms with Crippen molar-refractivity contribution in [1.82, 2.24) is 10.2 Å². The zero-order valence-corrected chi connectivity index (χ0v) is 14.6. The number of halogens is 1. The van der Waals surface area contributed by atoms with E-state index in [1.54, 1.807) is 12.1 Å². The van der Waals surface area contributed by atoms with Crippen LogP contribution in [0.3, 0.4) is 0 Å². The van der Waals surface area contributed by atoms with Crippen molar-refractivity contribution in [3.05, 3.63) is 39.6 Å². The first kappa shape index (κ1) is 16.1. The predicted octanol–water partition coefficient (Wildman–Crippen LogP) is 4.49. The fourth-order valence-electron chi connectivity index (χ4n) is 3.09. The van der Waals surface area contributed by atoms with Crippen LogP contribution in [0.1, 0.15) is 59.8 Å². The molecule has 0 atom stereocenters. The molecule has 3 N–H and O–H groups in total. The topological polar surface area (TPSA) is 78.0 Å². The highest BCUT2D eigenvalue weighted by Crippen LogP contribution is 2.34. The number of phenols is 1. The largest absolute Gasteiger partial charge is 0.505 e. The summed E-state index contributed by atoms with van der Waals surface area (Å²) >= 11 is 3.28. The monoisotopic (exact) mass is 377 g/mol. The highest BCUT2D eigenvalue weighted by Gasteiger charge is 2.20. The number of rotatable bonds is 3. The maximum atomic E-state index is 12.4. The Hall–Kier alpha value is -1.82. The van der Waals surface area contributed by atoms with Gasteiger partial charge in [-0.1, -0.05) is 19.3 Å². The third kappa shape index (κ3) is 3.58. The lowest BCUT2D eigenvalue weighted by Crippen LogP contribution is -2.12. The van der Waals surface area contributed by atoms with Gasteiger partial charge in [-0.15, -0.1) is 0 Å². The third-order valence-corrected chi connectivity index (χ3v) is 4.94. The number of hydrogen-bond donors (Lipinski definition) is 3. The lowest BCUT2D eigenvalue weighted by molar-refractivity contribution is 0.102. The Morgan fingerprint density at radius 1 is 1.30 bits per heavy atom. The predicted molar refractivity (Wildman–Crippen MR) is 92.9 cm³/mol. The van der Waals surface area contributed by atoms with Gasteiger partial charge < -0.3 is 10.4 Å². The van der Waals surface area contributed by atoms with Crippen molar-refractivity contribution < 1.29 is 9.90 Å². The third-order valence-electron chi connectivity index (χ3n) is 4.33. The molecule has 6 heteroatoms. The first-order valence-electron chi connectivity index (χ1n) is 7.90. The minimum Gasteiger partial charge on any atom is -0.505 e. The lowest BCUT2D eigenvalue weighted by atomic mass is 9.87. The van der Waals surface area contributed by atoms with E-state index in [4.69, 9.17) is 0 Å². The van der Waals surface area contributed by atoms with Crippen LogP contribution in [0.5, 0.6) is 5.75 Å². The summed E-state index contributed by atoms with van der Waals surface area (Å²) in [4.78, 5) is 12.4. The van der Waals surface area contributed by atoms with E-state index in [1.807, 2.05) is 13.0 Å². The summed E-state index contributed by atoms with van der Waals surface area (Å²) in [5, 5.41) is 19.9. The molecule has 1 aromatic carbocycles. The normalized spacial score (nSPS) is 15.6. The van der Waals surface area contributed by atoms with Crippen molar-refractivity contribution in [1.29, 1.82) is 0 Å². The average Bonchev–Trinajstić information content (AvgIpc) is 3.03. The van der Waals surface area contributed by atoms with Crippen molar-refractivity contribution in [2.45, 2.75) is 44.9 Å². The second kappa shape index (κ2) is 6.74. The number of anilines is 1. The van der Waals surface area contributed by atoms with Crippen LogP contribution in [-0.4, -0.2) is 21.2 Å². The van der Waals surface area contributed by atoms with Gasteiger partial charge in [-0.3, -0.25) is 9.89 Å². The van der Waals surface area contributed by atoms with E-state index in [2.05, 4.69) is 31.4 Å². The Morgan fingerprint density at radius 2 is 2.04 bits per heavy atom. The van der Waals surface area contributed by atoms with Gasteiger partial charge in [-0.2, -0.15) is 5.10 Å². The molecule has 1 aromatic heterocycles. The van der Waals surface area contributed by atoms with Gasteiger partial charge in [0.2, 0.25) is 0 Å². The number of H-pyrrole nitrogens is 1. The van der Waals surface area contributed by atoms with Gasteiger partial charge >= 0.3 is 0 Å². The molecule has 0 aliphatic heterocycles. The van der Waals surface area contributed by atoms with E-state index in [9.17, 15) is 9.90 Å². The fourth-order valence-corrected chi connectivity index (χ4v) is 3.67. The number of aromatic nitrogens is 2. The zero-order chi connectivity index (χ0) is 16.4. The van der Waals surface area contributed by atoms with Crippen molar-refractivity contribution in [2.75, 3.05) is 5.32 Å². The summed E-state index contributed by atoms with van der Waals surface area (Å²) < 4.78 is 0.553. The second-order valence-electron chi connectivity index (χ2n) is 6.14. The number of nitrogens with zero attached hydrogens (tertiary/aromatic N) is 1. The molecule has 0 radical (unpaired) electrons. The highest BCUT2D eigenvalue weighted by atomic mass is 79.9. The second-order valence-corrected chi connectivity index (χ2v) is 6.99. The number of aromatic amines is 1. The SMILES string of the molecule is Cc1cc(Br)c(O)c(NC(=O)c2cc(C3CCCCC3)[nH]n2)c1. The van der Waals surface area contributed by atoms with Gasteiger partial charge in [-0.25, -0.2) is 0 Å². The number of carbonyl (C=O) groups excluding carboxylic acids is 1. The molecule has 1 aliphatic rings. The number of aromatic hydroxyl groups is 1. The number of benzene rings is 1. The lowest BCUT2D eigenvalue weighted by Gasteiger charge is -2.19. The van der Waals surface area contributed by atoms with Crippen LogP contribution in [0.2, 0.25) is 0 Å². The van der Waals surface area contributed by atoms with E-state index < -0.39 is 0 Å². The first-order valence-corrected chi connectivity index (χ1v) is 8.69. The molecule has 1 amide bonds. The van der Waals surface area contributed by atoms with E-state index in [-0.39, 0.29) is 11.7 Å². The van der Waals surface area contributed by atoms with Crippen LogP contribution in [-0.2, 0) is 0 Å². The maximum absolute atomic E-state index is 12.4. The van der Waals surface area contributed by atoms with Crippen LogP contribution >= 0.6 is 15.9 Å². The minimum atomic E-state index is -0.323. The Bertz CT molecular complexity index is 721. The number of amides is 1. The van der Waals surface area contributed by atoms with Crippen molar-refractivity contribution in [3.63, 3.8) is 0 Å². The molecule has 2 aromatic rings. The molecule has 3 rings (SSSR count). The molecule has 5 nitrogen and oxygen atoms in total. The Labute approximate surface area is 143 Å². The molecule has 122 valence electrons. The molecule has 0 bridgehead atoms. The maximum Gasteiger partial charge on any atom is 0.276 e. The number of aryl methyl sites for hydroxylation is 1. The molecular formula is C17H20BrN3O2. The summed E-state index contributed by atoms with van der Waals surface area (Å²) in [6.45, 7) is 1.90. The quantitative estimate of drug-likeness (QED) is 0.689. The molecule has 1 aliphatic carbocycles. The Kier molecular flexibility index (Phi) is 4.71. The Morgan fingerprint density at radius 3 is 2.78 bits per heavy atom. The van der Waals surface area contributed by atoms with Gasteiger partial charge in [-0.05, 0) is 59.5 Å². The van der Waals surface area contributed by atoms with Crippen LogP contribution in [0.4, 0.5) is 5.69 Å². The molecule has 1 heterocycles. The Balaban J connectivity index is 1.75. The van der Waals surface area contributed by atoms with Gasteiger partial charge in [0.15, 0.2) is 11.4 Å². The molecule has 23 heavy (non-hydrogen) atoms. The molecule has 0 spiro atoms. The van der Waals surface area contributed by atoms with Crippen molar-refractivity contribution >= 4 is 27.5 Å². The van der Waals surface area contributed by atoms with Crippen LogP contribution in [0.15, 0.2) is 22.7 Å². The number of hydrogen-bond acceptors (Lipinski definition) is 3. The van der Waals surface area contributed by atoms with Gasteiger partial charge in [0.1, 0.15) is 0 Å².